The second kappa shape index (κ2) is 7.74. The zero-order chi connectivity index (χ0) is 23.3. The van der Waals surface area contributed by atoms with Crippen molar-refractivity contribution >= 4 is 11.8 Å². The van der Waals surface area contributed by atoms with Crippen molar-refractivity contribution in [3.8, 4) is 5.75 Å². The summed E-state index contributed by atoms with van der Waals surface area (Å²) in [6, 6.07) is 1.40. The fourth-order valence-corrected chi connectivity index (χ4v) is 4.05. The third-order valence-electron chi connectivity index (χ3n) is 5.70. The van der Waals surface area contributed by atoms with Gasteiger partial charge in [0.1, 0.15) is 30.5 Å². The van der Waals surface area contributed by atoms with Crippen LogP contribution in [0.1, 0.15) is 39.0 Å². The highest BCUT2D eigenvalue weighted by Crippen LogP contribution is 2.30. The average Bonchev–Trinajstić information content (AvgIpc) is 2.88. The van der Waals surface area contributed by atoms with Crippen LogP contribution < -0.4 is 16.2 Å². The van der Waals surface area contributed by atoms with Crippen molar-refractivity contribution in [1.82, 2.24) is 9.58 Å². The number of pyridine rings is 1. The number of hydrogen-bond donors (Lipinski definition) is 2. The normalized spacial score (nSPS) is 19.7. The average molecular weight is 448 g/mol. The van der Waals surface area contributed by atoms with Crippen LogP contribution in [-0.2, 0) is 6.42 Å². The summed E-state index contributed by atoms with van der Waals surface area (Å²) >= 11 is 0. The van der Waals surface area contributed by atoms with Gasteiger partial charge in [-0.15, -0.1) is 0 Å². The molecule has 2 aliphatic heterocycles. The van der Waals surface area contributed by atoms with Crippen LogP contribution in [0.5, 0.6) is 5.75 Å². The molecular weight excluding hydrogens is 429 g/mol. The molecule has 1 aromatic heterocycles. The van der Waals surface area contributed by atoms with Gasteiger partial charge in [-0.2, -0.15) is 0 Å². The van der Waals surface area contributed by atoms with Crippen molar-refractivity contribution in [2.75, 3.05) is 18.4 Å². The Morgan fingerprint density at radius 1 is 1.25 bits per heavy atom. The Balaban J connectivity index is 2.04. The monoisotopic (exact) mass is 448 g/mol. The van der Waals surface area contributed by atoms with Crippen LogP contribution in [0.3, 0.4) is 0 Å². The Kier molecular flexibility index (Phi) is 5.19. The lowest BCUT2D eigenvalue weighted by atomic mass is 10.0. The van der Waals surface area contributed by atoms with Crippen LogP contribution in [-0.4, -0.2) is 51.9 Å². The summed E-state index contributed by atoms with van der Waals surface area (Å²) in [6.07, 6.45) is 2.73. The van der Waals surface area contributed by atoms with Gasteiger partial charge in [-0.25, -0.2) is 17.8 Å². The summed E-state index contributed by atoms with van der Waals surface area (Å²) in [5.41, 5.74) is 2.88. The molecule has 0 spiro atoms. The lowest BCUT2D eigenvalue weighted by Crippen LogP contribution is -2.59. The zero-order valence-corrected chi connectivity index (χ0v) is 16.9. The van der Waals surface area contributed by atoms with Gasteiger partial charge in [-0.3, -0.25) is 19.4 Å². The maximum absolute atomic E-state index is 14.4. The highest BCUT2D eigenvalue weighted by atomic mass is 19.1. The van der Waals surface area contributed by atoms with Crippen molar-refractivity contribution in [1.29, 1.82) is 0 Å². The molecule has 3 heterocycles. The fraction of sp³-hybridized carbons (Fsp3) is 0.286. The number of alkyl halides is 1. The van der Waals surface area contributed by atoms with Crippen molar-refractivity contribution in [2.45, 2.75) is 25.4 Å². The number of carbonyl (C=O) groups excluding carboxylic acids is 2. The van der Waals surface area contributed by atoms with Gasteiger partial charge in [0.2, 0.25) is 5.43 Å². The molecule has 3 N–H and O–H groups in total. The third-order valence-corrected chi connectivity index (χ3v) is 5.70. The number of hydrogen-bond acceptors (Lipinski definition) is 5. The van der Waals surface area contributed by atoms with Crippen LogP contribution in [0.2, 0.25) is 0 Å². The molecule has 8 nitrogen and oxygen atoms in total. The molecule has 0 saturated heterocycles. The predicted octanol–water partition coefficient (Wildman–Crippen LogP) is 1.17. The summed E-state index contributed by atoms with van der Waals surface area (Å²) in [6.45, 7) is 0.699. The molecule has 2 bridgehead atoms. The van der Waals surface area contributed by atoms with E-state index in [1.54, 1.807) is 13.0 Å². The summed E-state index contributed by atoms with van der Waals surface area (Å²) in [7, 11) is 0. The Morgan fingerprint density at radius 3 is 2.59 bits per heavy atom. The van der Waals surface area contributed by atoms with E-state index >= 15 is 0 Å². The Hall–Kier alpha value is -3.76. The van der Waals surface area contributed by atoms with E-state index in [1.165, 1.54) is 11.1 Å². The second-order valence-corrected chi connectivity index (χ2v) is 7.64. The quantitative estimate of drug-likeness (QED) is 0.683. The number of aromatic nitrogens is 1. The number of aromatic hydroxyl groups is 1. The smallest absolute Gasteiger partial charge is 0.278 e. The molecule has 0 radical (unpaired) electrons. The molecule has 32 heavy (non-hydrogen) atoms. The zero-order valence-electron chi connectivity index (χ0n) is 16.9. The Morgan fingerprint density at radius 2 is 1.97 bits per heavy atom. The first kappa shape index (κ1) is 21.5. The highest BCUT2D eigenvalue weighted by molar-refractivity contribution is 6.00. The number of primary amides is 1. The van der Waals surface area contributed by atoms with Crippen molar-refractivity contribution in [3.63, 3.8) is 0 Å². The topological polar surface area (TPSA) is 109 Å². The first-order valence-electron chi connectivity index (χ1n) is 9.72. The number of carbonyl (C=O) groups is 2. The van der Waals surface area contributed by atoms with E-state index in [0.717, 1.165) is 21.7 Å². The molecule has 2 amide bonds. The molecule has 2 aromatic rings. The van der Waals surface area contributed by atoms with Crippen molar-refractivity contribution in [2.24, 2.45) is 5.73 Å². The number of nitrogens with two attached hydrogens (primary N) is 1. The predicted molar refractivity (Wildman–Crippen MR) is 108 cm³/mol. The summed E-state index contributed by atoms with van der Waals surface area (Å²) < 4.78 is 42.5. The minimum Gasteiger partial charge on any atom is -0.502 e. The number of rotatable bonds is 4. The number of fused-ring (bicyclic) bond motifs is 4. The largest absolute Gasteiger partial charge is 0.502 e. The SMILES string of the molecule is CC1C=CC(CF)N2CN1n1c(Cc3ccc(F)cc3F)c(C(N)=O)c(=O)c(O)c1C2=O. The van der Waals surface area contributed by atoms with E-state index in [-0.39, 0.29) is 17.9 Å². The minimum atomic E-state index is -1.20. The lowest BCUT2D eigenvalue weighted by Gasteiger charge is -2.43. The summed E-state index contributed by atoms with van der Waals surface area (Å²) in [4.78, 5) is 39.3. The molecule has 1 aromatic carbocycles. The maximum atomic E-state index is 14.4. The van der Waals surface area contributed by atoms with Crippen LogP contribution in [0.25, 0.3) is 0 Å². The molecule has 2 aliphatic rings. The molecule has 2 atom stereocenters. The number of amides is 2. The molecule has 4 rings (SSSR count). The standard InChI is InChI=1S/C21H19F3N4O4/c1-10-2-5-13(8-22)26-9-27(10)28-15(6-11-3-4-12(23)7-14(11)24)16(20(25)31)18(29)19(30)17(28)21(26)32/h2-5,7,10,13,30H,6,8-9H2,1H3,(H2,25,31). The van der Waals surface area contributed by atoms with E-state index in [0.29, 0.717) is 6.07 Å². The van der Waals surface area contributed by atoms with E-state index < -0.39 is 71.1 Å². The van der Waals surface area contributed by atoms with Crippen molar-refractivity contribution < 1.29 is 27.9 Å². The molecule has 0 saturated carbocycles. The lowest BCUT2D eigenvalue weighted by molar-refractivity contribution is 0.0615. The molecular formula is C21H19F3N4O4. The van der Waals surface area contributed by atoms with Crippen LogP contribution in [0.4, 0.5) is 13.2 Å². The summed E-state index contributed by atoms with van der Waals surface area (Å²) in [5.74, 6) is -4.80. The molecule has 0 fully saturated rings. The van der Waals surface area contributed by atoms with Gasteiger partial charge in [-0.05, 0) is 18.6 Å². The van der Waals surface area contributed by atoms with Crippen LogP contribution >= 0.6 is 0 Å². The van der Waals surface area contributed by atoms with Gasteiger partial charge in [0.05, 0.1) is 17.8 Å². The third kappa shape index (κ3) is 3.20. The van der Waals surface area contributed by atoms with E-state index in [1.807, 2.05) is 0 Å². The summed E-state index contributed by atoms with van der Waals surface area (Å²) in [5, 5.41) is 12.1. The minimum absolute atomic E-state index is 0.0665. The number of benzene rings is 1. The Labute approximate surface area is 179 Å². The highest BCUT2D eigenvalue weighted by Gasteiger charge is 2.41. The first-order valence-corrected chi connectivity index (χ1v) is 9.72. The second-order valence-electron chi connectivity index (χ2n) is 7.64. The fourth-order valence-electron chi connectivity index (χ4n) is 4.05. The number of nitrogens with zero attached hydrogens (tertiary/aromatic N) is 3. The molecule has 168 valence electrons. The molecule has 11 heteroatoms. The van der Waals surface area contributed by atoms with Crippen LogP contribution in [0.15, 0.2) is 35.1 Å². The van der Waals surface area contributed by atoms with E-state index in [2.05, 4.69) is 0 Å². The van der Waals surface area contributed by atoms with E-state index in [9.17, 15) is 32.7 Å². The number of halogens is 3. The van der Waals surface area contributed by atoms with Gasteiger partial charge in [0.25, 0.3) is 11.8 Å². The van der Waals surface area contributed by atoms with E-state index in [4.69, 9.17) is 5.73 Å². The first-order chi connectivity index (χ1) is 15.1. The molecule has 0 aliphatic carbocycles. The van der Waals surface area contributed by atoms with Crippen molar-refractivity contribution in [3.05, 3.63) is 74.7 Å². The van der Waals surface area contributed by atoms with Gasteiger partial charge in [-0.1, -0.05) is 18.2 Å². The maximum Gasteiger partial charge on any atom is 0.278 e. The van der Waals surface area contributed by atoms with Gasteiger partial charge >= 0.3 is 0 Å². The van der Waals surface area contributed by atoms with Gasteiger partial charge in [0.15, 0.2) is 11.4 Å². The van der Waals surface area contributed by atoms with Gasteiger partial charge in [0, 0.05) is 12.5 Å². The molecule has 2 unspecified atom stereocenters. The van der Waals surface area contributed by atoms with Gasteiger partial charge < -0.3 is 15.7 Å². The Bertz CT molecular complexity index is 1230. The van der Waals surface area contributed by atoms with Crippen LogP contribution in [0, 0.1) is 11.6 Å².